The summed E-state index contributed by atoms with van der Waals surface area (Å²) in [5.41, 5.74) is 1.68. The summed E-state index contributed by atoms with van der Waals surface area (Å²) in [7, 11) is 0. The van der Waals surface area contributed by atoms with Crippen molar-refractivity contribution in [2.45, 2.75) is 50.9 Å². The second-order valence-corrected chi connectivity index (χ2v) is 8.56. The van der Waals surface area contributed by atoms with E-state index in [9.17, 15) is 24.5 Å². The van der Waals surface area contributed by atoms with Crippen LogP contribution in [0.25, 0.3) is 11.1 Å². The third kappa shape index (κ3) is 4.50. The molecule has 1 N–H and O–H groups in total. The van der Waals surface area contributed by atoms with Crippen LogP contribution < -0.4 is 11.1 Å². The summed E-state index contributed by atoms with van der Waals surface area (Å²) in [6.45, 7) is 0.145. The molecule has 2 saturated carbocycles. The standard InChI is InChI=1S/C23H22N4O6/c28-21(13-26-19-10-9-18(27(31)32)11-20(19)33-23(26)30)25(17-7-8-17)12-14-1-3-15(4-2-14)22(29)24-16-5-6-16/h1-4,9-11,16-17H,5-8,12-13H2,(H,24,29). The van der Waals surface area contributed by atoms with Crippen molar-refractivity contribution in [1.29, 1.82) is 0 Å². The van der Waals surface area contributed by atoms with Crippen LogP contribution >= 0.6 is 0 Å². The lowest BCUT2D eigenvalue weighted by Crippen LogP contribution is -2.36. The lowest BCUT2D eigenvalue weighted by molar-refractivity contribution is -0.384. The van der Waals surface area contributed by atoms with Crippen LogP contribution in [-0.2, 0) is 17.9 Å². The Morgan fingerprint density at radius 3 is 2.48 bits per heavy atom. The van der Waals surface area contributed by atoms with Crippen molar-refractivity contribution >= 4 is 28.6 Å². The minimum atomic E-state index is -0.736. The van der Waals surface area contributed by atoms with Gasteiger partial charge in [-0.3, -0.25) is 24.3 Å². The van der Waals surface area contributed by atoms with Crippen LogP contribution in [0.2, 0.25) is 0 Å². The van der Waals surface area contributed by atoms with Crippen molar-refractivity contribution in [3.63, 3.8) is 0 Å². The number of carbonyl (C=O) groups is 2. The summed E-state index contributed by atoms with van der Waals surface area (Å²) in [5, 5.41) is 13.9. The molecule has 33 heavy (non-hydrogen) atoms. The number of fused-ring (bicyclic) bond motifs is 1. The van der Waals surface area contributed by atoms with E-state index in [-0.39, 0.29) is 41.7 Å². The molecule has 0 saturated heterocycles. The first-order valence-corrected chi connectivity index (χ1v) is 10.9. The zero-order valence-corrected chi connectivity index (χ0v) is 17.7. The fraction of sp³-hybridized carbons (Fsp3) is 0.348. The molecule has 2 aliphatic rings. The molecule has 0 atom stereocenters. The predicted octanol–water partition coefficient (Wildman–Crippen LogP) is 2.59. The van der Waals surface area contributed by atoms with E-state index >= 15 is 0 Å². The van der Waals surface area contributed by atoms with Gasteiger partial charge in [0.1, 0.15) is 6.54 Å². The van der Waals surface area contributed by atoms with Crippen LogP contribution in [0.5, 0.6) is 0 Å². The molecule has 2 fully saturated rings. The molecule has 2 aromatic carbocycles. The highest BCUT2D eigenvalue weighted by atomic mass is 16.6. The maximum Gasteiger partial charge on any atom is 0.420 e. The van der Waals surface area contributed by atoms with E-state index in [2.05, 4.69) is 5.32 Å². The van der Waals surface area contributed by atoms with Crippen molar-refractivity contribution in [3.05, 3.63) is 74.3 Å². The molecule has 1 aromatic heterocycles. The lowest BCUT2D eigenvalue weighted by atomic mass is 10.1. The Bertz CT molecular complexity index is 1300. The molecule has 10 heteroatoms. The van der Waals surface area contributed by atoms with E-state index in [1.165, 1.54) is 22.8 Å². The number of amides is 2. The van der Waals surface area contributed by atoms with Gasteiger partial charge < -0.3 is 14.6 Å². The summed E-state index contributed by atoms with van der Waals surface area (Å²) in [6, 6.07) is 11.4. The highest BCUT2D eigenvalue weighted by Gasteiger charge is 2.33. The summed E-state index contributed by atoms with van der Waals surface area (Å²) in [5.74, 6) is -1.07. The highest BCUT2D eigenvalue weighted by Crippen LogP contribution is 2.29. The summed E-state index contributed by atoms with van der Waals surface area (Å²) >= 11 is 0. The number of hydrogen-bond acceptors (Lipinski definition) is 6. The zero-order chi connectivity index (χ0) is 23.1. The number of nitro groups is 1. The fourth-order valence-electron chi connectivity index (χ4n) is 3.81. The molecule has 3 aromatic rings. The predicted molar refractivity (Wildman–Crippen MR) is 118 cm³/mol. The summed E-state index contributed by atoms with van der Waals surface area (Å²) in [4.78, 5) is 49.7. The SMILES string of the molecule is O=C(NC1CC1)c1ccc(CN(C(=O)Cn2c(=O)oc3cc([N+](=O)[O-])ccc32)C2CC2)cc1. The van der Waals surface area contributed by atoms with Gasteiger partial charge in [-0.15, -0.1) is 0 Å². The third-order valence-corrected chi connectivity index (χ3v) is 5.95. The molecule has 0 bridgehead atoms. The first kappa shape index (κ1) is 20.9. The number of benzene rings is 2. The van der Waals surface area contributed by atoms with Crippen molar-refractivity contribution in [3.8, 4) is 0 Å². The van der Waals surface area contributed by atoms with Crippen molar-refractivity contribution < 1.29 is 18.9 Å². The lowest BCUT2D eigenvalue weighted by Gasteiger charge is -2.23. The van der Waals surface area contributed by atoms with Gasteiger partial charge in [0.15, 0.2) is 5.58 Å². The van der Waals surface area contributed by atoms with E-state index in [0.717, 1.165) is 31.2 Å². The van der Waals surface area contributed by atoms with Gasteiger partial charge in [0.2, 0.25) is 5.91 Å². The number of nitro benzene ring substituents is 1. The maximum atomic E-state index is 13.1. The Balaban J connectivity index is 1.31. The van der Waals surface area contributed by atoms with Crippen LogP contribution in [0.3, 0.4) is 0 Å². The second kappa shape index (κ2) is 8.19. The number of aromatic nitrogens is 1. The number of nitrogens with zero attached hydrogens (tertiary/aromatic N) is 3. The molecular formula is C23H22N4O6. The average molecular weight is 450 g/mol. The molecule has 10 nitrogen and oxygen atoms in total. The van der Waals surface area contributed by atoms with Gasteiger partial charge in [0.05, 0.1) is 16.5 Å². The Kier molecular flexibility index (Phi) is 5.20. The van der Waals surface area contributed by atoms with Crippen LogP contribution in [0.15, 0.2) is 51.7 Å². The monoisotopic (exact) mass is 450 g/mol. The Labute approximate surface area is 187 Å². The first-order valence-electron chi connectivity index (χ1n) is 10.9. The third-order valence-electron chi connectivity index (χ3n) is 5.95. The smallest absolute Gasteiger partial charge is 0.407 e. The van der Waals surface area contributed by atoms with E-state index in [4.69, 9.17) is 4.42 Å². The normalized spacial score (nSPS) is 15.4. The van der Waals surface area contributed by atoms with Gasteiger partial charge in [0.25, 0.3) is 11.6 Å². The molecule has 0 spiro atoms. The number of hydrogen-bond donors (Lipinski definition) is 1. The Morgan fingerprint density at radius 2 is 1.85 bits per heavy atom. The number of nitrogens with one attached hydrogen (secondary N) is 1. The van der Waals surface area contributed by atoms with Crippen LogP contribution in [0, 0.1) is 10.1 Å². The average Bonchev–Trinajstić information content (AvgIpc) is 3.72. The molecule has 1 heterocycles. The molecule has 0 aliphatic heterocycles. The molecular weight excluding hydrogens is 428 g/mol. The zero-order valence-electron chi connectivity index (χ0n) is 17.7. The van der Waals surface area contributed by atoms with E-state index < -0.39 is 10.7 Å². The van der Waals surface area contributed by atoms with E-state index in [1.807, 2.05) is 12.1 Å². The molecule has 2 aliphatic carbocycles. The molecule has 0 unspecified atom stereocenters. The number of non-ortho nitro benzene ring substituents is 1. The molecule has 0 radical (unpaired) electrons. The minimum absolute atomic E-state index is 0.0695. The second-order valence-electron chi connectivity index (χ2n) is 8.56. The summed E-state index contributed by atoms with van der Waals surface area (Å²) < 4.78 is 6.32. The number of rotatable bonds is 8. The first-order chi connectivity index (χ1) is 15.9. The van der Waals surface area contributed by atoms with E-state index in [1.54, 1.807) is 17.0 Å². The molecule has 170 valence electrons. The van der Waals surface area contributed by atoms with Gasteiger partial charge in [-0.2, -0.15) is 0 Å². The minimum Gasteiger partial charge on any atom is -0.407 e. The Morgan fingerprint density at radius 1 is 1.12 bits per heavy atom. The topological polar surface area (TPSA) is 128 Å². The van der Waals surface area contributed by atoms with Crippen LogP contribution in [-0.4, -0.2) is 38.3 Å². The fourth-order valence-corrected chi connectivity index (χ4v) is 3.81. The van der Waals surface area contributed by atoms with Crippen molar-refractivity contribution in [1.82, 2.24) is 14.8 Å². The van der Waals surface area contributed by atoms with Gasteiger partial charge in [-0.05, 0) is 49.4 Å². The quantitative estimate of drug-likeness (QED) is 0.415. The van der Waals surface area contributed by atoms with E-state index in [0.29, 0.717) is 17.6 Å². The van der Waals surface area contributed by atoms with Gasteiger partial charge in [-0.25, -0.2) is 4.79 Å². The van der Waals surface area contributed by atoms with Crippen molar-refractivity contribution in [2.24, 2.45) is 0 Å². The highest BCUT2D eigenvalue weighted by molar-refractivity contribution is 5.94. The van der Waals surface area contributed by atoms with Gasteiger partial charge in [-0.1, -0.05) is 12.1 Å². The number of carbonyl (C=O) groups excluding carboxylic acids is 2. The van der Waals surface area contributed by atoms with Crippen molar-refractivity contribution in [2.75, 3.05) is 0 Å². The largest absolute Gasteiger partial charge is 0.420 e. The van der Waals surface area contributed by atoms with Gasteiger partial charge in [0, 0.05) is 30.3 Å². The maximum absolute atomic E-state index is 13.1. The van der Waals surface area contributed by atoms with Crippen LogP contribution in [0.4, 0.5) is 5.69 Å². The molecule has 2 amide bonds. The Hall–Kier alpha value is -3.95. The van der Waals surface area contributed by atoms with Gasteiger partial charge >= 0.3 is 5.76 Å². The summed E-state index contributed by atoms with van der Waals surface area (Å²) in [6.07, 6.45) is 3.82. The molecule has 5 rings (SSSR count). The van der Waals surface area contributed by atoms with Crippen LogP contribution in [0.1, 0.15) is 41.6 Å². The number of oxazole rings is 1.